The number of hydrogen-bond acceptors (Lipinski definition) is 4. The monoisotopic (exact) mass is 432 g/mol. The Morgan fingerprint density at radius 3 is 2.53 bits per heavy atom. The highest BCUT2D eigenvalue weighted by Gasteiger charge is 2.30. The first-order valence-corrected chi connectivity index (χ1v) is 10.6. The first-order valence-electron chi connectivity index (χ1n) is 9.81. The van der Waals surface area contributed by atoms with Gasteiger partial charge >= 0.3 is 6.18 Å². The topological polar surface area (TPSA) is 36.4 Å². The fraction of sp³-hybridized carbons (Fsp3) is 0.348. The van der Waals surface area contributed by atoms with E-state index in [-0.39, 0.29) is 6.61 Å². The lowest BCUT2D eigenvalue weighted by Gasteiger charge is -2.17. The van der Waals surface area contributed by atoms with Gasteiger partial charge < -0.3 is 10.0 Å². The summed E-state index contributed by atoms with van der Waals surface area (Å²) in [4.78, 5) is 2.19. The number of fused-ring (bicyclic) bond motifs is 1. The van der Waals surface area contributed by atoms with Crippen LogP contribution in [0.3, 0.4) is 0 Å². The average molecular weight is 433 g/mol. The van der Waals surface area contributed by atoms with E-state index in [0.717, 1.165) is 53.7 Å². The summed E-state index contributed by atoms with van der Waals surface area (Å²) in [5.74, 6) is 6.35. The summed E-state index contributed by atoms with van der Waals surface area (Å²) in [5, 5.41) is 9.92. The van der Waals surface area contributed by atoms with Gasteiger partial charge in [0.15, 0.2) is 0 Å². The van der Waals surface area contributed by atoms with Gasteiger partial charge in [-0.05, 0) is 55.3 Å². The molecule has 30 heavy (non-hydrogen) atoms. The van der Waals surface area contributed by atoms with Crippen molar-refractivity contribution in [1.82, 2.24) is 9.27 Å². The molecule has 0 amide bonds. The van der Waals surface area contributed by atoms with Gasteiger partial charge in [-0.15, -0.1) is 0 Å². The molecule has 0 atom stereocenters. The second-order valence-corrected chi connectivity index (χ2v) is 7.69. The molecule has 1 heterocycles. The molecule has 3 rings (SSSR count). The number of rotatable bonds is 7. The lowest BCUT2D eigenvalue weighted by atomic mass is 10.0. The van der Waals surface area contributed by atoms with Crippen molar-refractivity contribution >= 4 is 21.6 Å². The molecule has 158 valence electrons. The van der Waals surface area contributed by atoms with Crippen LogP contribution in [0.5, 0.6) is 0 Å². The van der Waals surface area contributed by atoms with Gasteiger partial charge in [-0.2, -0.15) is 17.5 Å². The molecule has 0 aliphatic rings. The van der Waals surface area contributed by atoms with Crippen LogP contribution in [0.4, 0.5) is 13.2 Å². The third kappa shape index (κ3) is 5.60. The van der Waals surface area contributed by atoms with Crippen LogP contribution in [-0.2, 0) is 6.18 Å². The van der Waals surface area contributed by atoms with Gasteiger partial charge in [-0.3, -0.25) is 0 Å². The summed E-state index contributed by atoms with van der Waals surface area (Å²) >= 11 is 1.32. The van der Waals surface area contributed by atoms with Gasteiger partial charge in [0.2, 0.25) is 0 Å². The van der Waals surface area contributed by atoms with Crippen LogP contribution in [0.25, 0.3) is 21.3 Å². The summed E-state index contributed by atoms with van der Waals surface area (Å²) in [6, 6.07) is 10.9. The van der Waals surface area contributed by atoms with Gasteiger partial charge in [-0.1, -0.05) is 37.0 Å². The van der Waals surface area contributed by atoms with Crippen LogP contribution in [0, 0.1) is 11.8 Å². The Morgan fingerprint density at radius 2 is 1.87 bits per heavy atom. The first kappa shape index (κ1) is 22.3. The zero-order valence-corrected chi connectivity index (χ0v) is 17.5. The van der Waals surface area contributed by atoms with Gasteiger partial charge in [0.05, 0.1) is 22.6 Å². The third-order valence-corrected chi connectivity index (χ3v) is 5.64. The molecule has 2 aromatic carbocycles. The Morgan fingerprint density at radius 1 is 1.10 bits per heavy atom. The lowest BCUT2D eigenvalue weighted by molar-refractivity contribution is -0.137. The van der Waals surface area contributed by atoms with E-state index in [4.69, 9.17) is 5.11 Å². The van der Waals surface area contributed by atoms with Crippen LogP contribution in [0.15, 0.2) is 42.5 Å². The van der Waals surface area contributed by atoms with Crippen LogP contribution in [0.2, 0.25) is 0 Å². The molecular weight excluding hydrogens is 409 g/mol. The van der Waals surface area contributed by atoms with E-state index >= 15 is 0 Å². The largest absolute Gasteiger partial charge is 0.416 e. The fourth-order valence-electron chi connectivity index (χ4n) is 3.17. The Bertz CT molecular complexity index is 1030. The van der Waals surface area contributed by atoms with E-state index in [1.165, 1.54) is 23.7 Å². The summed E-state index contributed by atoms with van der Waals surface area (Å²) in [6.45, 7) is 4.76. The maximum atomic E-state index is 12.8. The molecule has 3 aromatic rings. The van der Waals surface area contributed by atoms with E-state index in [0.29, 0.717) is 17.8 Å². The molecule has 0 saturated carbocycles. The van der Waals surface area contributed by atoms with E-state index < -0.39 is 11.7 Å². The van der Waals surface area contributed by atoms with Crippen molar-refractivity contribution in [2.75, 3.05) is 26.2 Å². The highest BCUT2D eigenvalue weighted by molar-refractivity contribution is 7.13. The van der Waals surface area contributed by atoms with Crippen molar-refractivity contribution in [2.45, 2.75) is 25.9 Å². The number of alkyl halides is 3. The minimum absolute atomic E-state index is 0.169. The number of unbranched alkanes of at least 4 members (excludes halogenated alkanes) is 1. The van der Waals surface area contributed by atoms with Crippen molar-refractivity contribution < 1.29 is 18.3 Å². The zero-order valence-electron chi connectivity index (χ0n) is 16.7. The summed E-state index contributed by atoms with van der Waals surface area (Å²) < 4.78 is 43.7. The number of hydrogen-bond donors (Lipinski definition) is 1. The van der Waals surface area contributed by atoms with Gasteiger partial charge in [0, 0.05) is 29.5 Å². The van der Waals surface area contributed by atoms with E-state index in [9.17, 15) is 13.2 Å². The Labute approximate surface area is 178 Å². The molecule has 0 saturated heterocycles. The summed E-state index contributed by atoms with van der Waals surface area (Å²) in [5.41, 5.74) is 1.58. The predicted molar refractivity (Wildman–Crippen MR) is 115 cm³/mol. The number of nitrogens with zero attached hydrogens (tertiary/aromatic N) is 2. The Hall–Kier alpha value is -2.40. The molecule has 0 spiro atoms. The van der Waals surface area contributed by atoms with Gasteiger partial charge in [0.1, 0.15) is 0 Å². The SMILES string of the molecule is CCN(CCO)CCCC#Cc1ccc2c(-c3ccc(C(F)(F)F)cc3)nsc2c1. The number of aliphatic hydroxyl groups excluding tert-OH is 1. The molecule has 3 nitrogen and oxygen atoms in total. The molecule has 1 N–H and O–H groups in total. The number of benzene rings is 2. The molecule has 1 aromatic heterocycles. The molecule has 0 bridgehead atoms. The van der Waals surface area contributed by atoms with Crippen LogP contribution in [-0.4, -0.2) is 40.6 Å². The Kier molecular flexibility index (Phi) is 7.48. The highest BCUT2D eigenvalue weighted by atomic mass is 32.1. The average Bonchev–Trinajstić information content (AvgIpc) is 3.15. The van der Waals surface area contributed by atoms with Crippen LogP contribution >= 0.6 is 11.5 Å². The van der Waals surface area contributed by atoms with Gasteiger partial charge in [-0.25, -0.2) is 0 Å². The maximum Gasteiger partial charge on any atom is 0.416 e. The molecule has 0 unspecified atom stereocenters. The molecule has 0 radical (unpaired) electrons. The molecular formula is C23H23F3N2OS. The van der Waals surface area contributed by atoms with E-state index in [1.54, 1.807) is 0 Å². The predicted octanol–water partition coefficient (Wildman–Crippen LogP) is 5.43. The number of aromatic nitrogens is 1. The maximum absolute atomic E-state index is 12.8. The normalized spacial score (nSPS) is 11.7. The molecule has 7 heteroatoms. The minimum Gasteiger partial charge on any atom is -0.395 e. The van der Waals surface area contributed by atoms with Crippen molar-refractivity contribution in [3.05, 3.63) is 53.6 Å². The van der Waals surface area contributed by atoms with Crippen molar-refractivity contribution in [1.29, 1.82) is 0 Å². The zero-order chi connectivity index (χ0) is 21.6. The molecule has 0 aliphatic heterocycles. The summed E-state index contributed by atoms with van der Waals surface area (Å²) in [7, 11) is 0. The smallest absolute Gasteiger partial charge is 0.395 e. The summed E-state index contributed by atoms with van der Waals surface area (Å²) in [6.07, 6.45) is -2.62. The highest BCUT2D eigenvalue weighted by Crippen LogP contribution is 2.34. The van der Waals surface area contributed by atoms with E-state index in [2.05, 4.69) is 28.0 Å². The van der Waals surface area contributed by atoms with E-state index in [1.807, 2.05) is 18.2 Å². The van der Waals surface area contributed by atoms with Crippen molar-refractivity contribution in [3.63, 3.8) is 0 Å². The number of likely N-dealkylation sites (N-methyl/N-ethyl adjacent to an activating group) is 1. The van der Waals surface area contributed by atoms with Crippen LogP contribution < -0.4 is 0 Å². The van der Waals surface area contributed by atoms with Crippen LogP contribution in [0.1, 0.15) is 30.9 Å². The number of aliphatic hydroxyl groups is 1. The quantitative estimate of drug-likeness (QED) is 0.400. The standard InChI is InChI=1S/C23H23F3N2OS/c1-2-28(14-15-29)13-5-3-4-6-17-7-12-20-21(16-17)30-27-22(20)18-8-10-19(11-9-18)23(24,25)26/h7-12,16,29H,2-3,5,13-15H2,1H3. The third-order valence-electron chi connectivity index (χ3n) is 4.83. The minimum atomic E-state index is -4.34. The second kappa shape index (κ2) is 10.1. The molecule has 0 aliphatic carbocycles. The lowest BCUT2D eigenvalue weighted by Crippen LogP contribution is -2.27. The fourth-order valence-corrected chi connectivity index (χ4v) is 4.00. The van der Waals surface area contributed by atoms with Gasteiger partial charge in [0.25, 0.3) is 0 Å². The first-order chi connectivity index (χ1) is 14.4. The Balaban J connectivity index is 1.68. The number of halogens is 3. The second-order valence-electron chi connectivity index (χ2n) is 6.88. The molecule has 0 fully saturated rings. The van der Waals surface area contributed by atoms with Crippen molar-refractivity contribution in [3.8, 4) is 23.1 Å². The van der Waals surface area contributed by atoms with Crippen molar-refractivity contribution in [2.24, 2.45) is 0 Å².